The molecule has 4 aromatic rings. The van der Waals surface area contributed by atoms with E-state index in [4.69, 9.17) is 4.42 Å². The number of nitrogens with zero attached hydrogens (tertiary/aromatic N) is 5. The first-order valence-corrected chi connectivity index (χ1v) is 8.52. The molecule has 0 saturated carbocycles. The quantitative estimate of drug-likeness (QED) is 0.362. The van der Waals surface area contributed by atoms with Crippen LogP contribution in [0.2, 0.25) is 0 Å². The minimum absolute atomic E-state index is 0.00543. The summed E-state index contributed by atoms with van der Waals surface area (Å²) in [6.07, 6.45) is 1.35. The molecule has 0 N–H and O–H groups in total. The Morgan fingerprint density at radius 3 is 2.81 bits per heavy atom. The van der Waals surface area contributed by atoms with E-state index < -0.39 is 10.5 Å². The highest BCUT2D eigenvalue weighted by atomic mass is 79.9. The van der Waals surface area contributed by atoms with Gasteiger partial charge in [-0.25, -0.2) is 4.98 Å². The summed E-state index contributed by atoms with van der Waals surface area (Å²) in [7, 11) is 0. The molecule has 0 atom stereocenters. The number of non-ortho nitro benzene ring substituents is 1. The Labute approximate surface area is 159 Å². The van der Waals surface area contributed by atoms with Crippen molar-refractivity contribution in [1.29, 1.82) is 0 Å². The van der Waals surface area contributed by atoms with Crippen LogP contribution in [0.3, 0.4) is 0 Å². The second kappa shape index (κ2) is 6.72. The van der Waals surface area contributed by atoms with Gasteiger partial charge in [0.1, 0.15) is 6.54 Å². The molecule has 0 aliphatic heterocycles. The van der Waals surface area contributed by atoms with Crippen LogP contribution < -0.4 is 5.56 Å². The molecule has 0 unspecified atom stereocenters. The van der Waals surface area contributed by atoms with E-state index in [-0.39, 0.29) is 23.5 Å². The van der Waals surface area contributed by atoms with Gasteiger partial charge in [0.15, 0.2) is 0 Å². The molecule has 0 bridgehead atoms. The third kappa shape index (κ3) is 3.34. The topological polar surface area (TPSA) is 117 Å². The van der Waals surface area contributed by atoms with Crippen molar-refractivity contribution in [3.8, 4) is 11.5 Å². The summed E-state index contributed by atoms with van der Waals surface area (Å²) in [6, 6.07) is 11.3. The number of halogens is 1. The molecule has 0 radical (unpaired) electrons. The maximum Gasteiger partial charge on any atom is 0.270 e. The Kier molecular flexibility index (Phi) is 4.24. The molecule has 2 heterocycles. The standard InChI is InChI=1S/C17H10BrN5O4/c18-11-3-1-2-10(6-11)16-21-20-15(27-16)8-22-9-19-14-5-4-12(23(25)26)7-13(14)17(22)24/h1-7,9H,8H2. The van der Waals surface area contributed by atoms with Crippen LogP contribution in [0, 0.1) is 10.1 Å². The molecule has 0 aliphatic rings. The fraction of sp³-hybridized carbons (Fsp3) is 0.0588. The average molecular weight is 428 g/mol. The van der Waals surface area contributed by atoms with E-state index in [9.17, 15) is 14.9 Å². The number of hydrogen-bond acceptors (Lipinski definition) is 7. The highest BCUT2D eigenvalue weighted by Gasteiger charge is 2.14. The Bertz CT molecular complexity index is 1230. The summed E-state index contributed by atoms with van der Waals surface area (Å²) in [6.45, 7) is 0.00543. The number of hydrogen-bond donors (Lipinski definition) is 0. The second-order valence-electron chi connectivity index (χ2n) is 5.65. The zero-order chi connectivity index (χ0) is 19.0. The fourth-order valence-corrected chi connectivity index (χ4v) is 2.97. The van der Waals surface area contributed by atoms with Crippen LogP contribution in [0.25, 0.3) is 22.4 Å². The molecule has 0 amide bonds. The molecule has 2 aromatic carbocycles. The van der Waals surface area contributed by atoms with E-state index in [0.717, 1.165) is 10.0 Å². The van der Waals surface area contributed by atoms with Gasteiger partial charge < -0.3 is 4.42 Å². The minimum Gasteiger partial charge on any atom is -0.419 e. The third-order valence-corrected chi connectivity index (χ3v) is 4.36. The van der Waals surface area contributed by atoms with E-state index in [1.165, 1.54) is 29.1 Å². The average Bonchev–Trinajstić information content (AvgIpc) is 3.12. The highest BCUT2D eigenvalue weighted by Crippen LogP contribution is 2.22. The van der Waals surface area contributed by atoms with Crippen LogP contribution >= 0.6 is 15.9 Å². The first kappa shape index (κ1) is 17.0. The number of aromatic nitrogens is 4. The molecule has 0 fully saturated rings. The van der Waals surface area contributed by atoms with E-state index in [2.05, 4.69) is 31.1 Å². The summed E-state index contributed by atoms with van der Waals surface area (Å²) in [5.74, 6) is 0.544. The number of fused-ring (bicyclic) bond motifs is 1. The van der Waals surface area contributed by atoms with Gasteiger partial charge in [0.2, 0.25) is 11.8 Å². The van der Waals surface area contributed by atoms with Gasteiger partial charge in [-0.3, -0.25) is 19.5 Å². The molecule has 4 rings (SSSR count). The monoisotopic (exact) mass is 427 g/mol. The van der Waals surface area contributed by atoms with Crippen molar-refractivity contribution in [1.82, 2.24) is 19.7 Å². The first-order valence-electron chi connectivity index (χ1n) is 7.73. The summed E-state index contributed by atoms with van der Waals surface area (Å²) in [5, 5.41) is 19.0. The van der Waals surface area contributed by atoms with E-state index in [0.29, 0.717) is 11.4 Å². The molecule has 0 spiro atoms. The van der Waals surface area contributed by atoms with Crippen molar-refractivity contribution < 1.29 is 9.34 Å². The zero-order valence-electron chi connectivity index (χ0n) is 13.6. The van der Waals surface area contributed by atoms with E-state index in [1.807, 2.05) is 24.3 Å². The van der Waals surface area contributed by atoms with Crippen LogP contribution in [0.5, 0.6) is 0 Å². The lowest BCUT2D eigenvalue weighted by Crippen LogP contribution is -2.21. The molecule has 27 heavy (non-hydrogen) atoms. The Balaban J connectivity index is 1.69. The minimum atomic E-state index is -0.557. The molecule has 10 heteroatoms. The van der Waals surface area contributed by atoms with Crippen LogP contribution in [-0.2, 0) is 6.54 Å². The van der Waals surface area contributed by atoms with E-state index >= 15 is 0 Å². The smallest absolute Gasteiger partial charge is 0.270 e. The molecule has 134 valence electrons. The van der Waals surface area contributed by atoms with Gasteiger partial charge in [0.25, 0.3) is 11.2 Å². The lowest BCUT2D eigenvalue weighted by Gasteiger charge is -2.03. The number of rotatable bonds is 4. The summed E-state index contributed by atoms with van der Waals surface area (Å²) in [5.41, 5.74) is 0.518. The van der Waals surface area contributed by atoms with E-state index in [1.54, 1.807) is 0 Å². The summed E-state index contributed by atoms with van der Waals surface area (Å²) in [4.78, 5) is 27.2. The van der Waals surface area contributed by atoms with Crippen LogP contribution in [-0.4, -0.2) is 24.7 Å². The molecule has 0 saturated heterocycles. The van der Waals surface area contributed by atoms with Gasteiger partial charge >= 0.3 is 0 Å². The summed E-state index contributed by atoms with van der Waals surface area (Å²) >= 11 is 3.38. The third-order valence-electron chi connectivity index (χ3n) is 3.86. The number of benzene rings is 2. The molecular weight excluding hydrogens is 418 g/mol. The molecule has 9 nitrogen and oxygen atoms in total. The number of nitro benzene ring substituents is 1. The van der Waals surface area contributed by atoms with Gasteiger partial charge in [-0.2, -0.15) is 0 Å². The van der Waals surface area contributed by atoms with Gasteiger partial charge in [0.05, 0.1) is 22.2 Å². The van der Waals surface area contributed by atoms with Gasteiger partial charge in [-0.05, 0) is 24.3 Å². The van der Waals surface area contributed by atoms with Crippen LogP contribution in [0.1, 0.15) is 5.89 Å². The van der Waals surface area contributed by atoms with Crippen molar-refractivity contribution in [2.45, 2.75) is 6.54 Å². The maximum atomic E-state index is 12.6. The van der Waals surface area contributed by atoms with Crippen LogP contribution in [0.4, 0.5) is 5.69 Å². The first-order chi connectivity index (χ1) is 13.0. The highest BCUT2D eigenvalue weighted by molar-refractivity contribution is 9.10. The zero-order valence-corrected chi connectivity index (χ0v) is 15.2. The Hall–Kier alpha value is -3.40. The SMILES string of the molecule is O=c1c2cc([N+](=O)[O-])ccc2ncn1Cc1nnc(-c2cccc(Br)c2)o1. The normalized spacial score (nSPS) is 11.0. The van der Waals surface area contributed by atoms with Gasteiger partial charge in [0, 0.05) is 22.2 Å². The van der Waals surface area contributed by atoms with Crippen molar-refractivity contribution in [2.75, 3.05) is 0 Å². The lowest BCUT2D eigenvalue weighted by atomic mass is 10.2. The predicted molar refractivity (Wildman–Crippen MR) is 99.2 cm³/mol. The molecule has 0 aliphatic carbocycles. The van der Waals surface area contributed by atoms with Crippen molar-refractivity contribution >= 4 is 32.5 Å². The Morgan fingerprint density at radius 1 is 1.19 bits per heavy atom. The second-order valence-corrected chi connectivity index (χ2v) is 6.56. The Morgan fingerprint density at radius 2 is 2.04 bits per heavy atom. The van der Waals surface area contributed by atoms with Crippen molar-refractivity contribution in [3.05, 3.63) is 79.6 Å². The predicted octanol–water partition coefficient (Wildman–Crippen LogP) is 3.17. The van der Waals surface area contributed by atoms with Crippen LogP contribution in [0.15, 0.2) is 62.5 Å². The van der Waals surface area contributed by atoms with Gasteiger partial charge in [-0.1, -0.05) is 22.0 Å². The molecule has 2 aromatic heterocycles. The maximum absolute atomic E-state index is 12.6. The van der Waals surface area contributed by atoms with Gasteiger partial charge in [-0.15, -0.1) is 10.2 Å². The fourth-order valence-electron chi connectivity index (χ4n) is 2.57. The van der Waals surface area contributed by atoms with Crippen molar-refractivity contribution in [3.63, 3.8) is 0 Å². The summed E-state index contributed by atoms with van der Waals surface area (Å²) < 4.78 is 7.76. The largest absolute Gasteiger partial charge is 0.419 e. The molecular formula is C17H10BrN5O4. The lowest BCUT2D eigenvalue weighted by molar-refractivity contribution is -0.384. The van der Waals surface area contributed by atoms with Crippen molar-refractivity contribution in [2.24, 2.45) is 0 Å². The number of nitro groups is 1.